The van der Waals surface area contributed by atoms with Gasteiger partial charge in [0.25, 0.3) is 0 Å². The first-order chi connectivity index (χ1) is 6.59. The van der Waals surface area contributed by atoms with E-state index < -0.39 is 0 Å². The molecular weight excluding hydrogens is 190 g/mol. The van der Waals surface area contributed by atoms with E-state index >= 15 is 0 Å². The molecule has 0 bridgehead atoms. The van der Waals surface area contributed by atoms with Gasteiger partial charge in [0.05, 0.1) is 0 Å². The Bertz CT molecular complexity index is 164. The molecule has 1 N–H and O–H groups in total. The van der Waals surface area contributed by atoms with Crippen molar-refractivity contribution in [3.05, 3.63) is 0 Å². The summed E-state index contributed by atoms with van der Waals surface area (Å²) in [5.74, 6) is 0.993. The summed E-state index contributed by atoms with van der Waals surface area (Å²) in [5.41, 5.74) is 0. The summed E-state index contributed by atoms with van der Waals surface area (Å²) >= 11 is 1.96. The van der Waals surface area contributed by atoms with Gasteiger partial charge < -0.3 is 5.32 Å². The molecule has 0 aromatic rings. The maximum absolute atomic E-state index is 3.75. The summed E-state index contributed by atoms with van der Waals surface area (Å²) in [4.78, 5) is 0. The third-order valence-corrected chi connectivity index (χ3v) is 4.38. The van der Waals surface area contributed by atoms with Crippen molar-refractivity contribution in [2.75, 3.05) is 12.8 Å². The van der Waals surface area contributed by atoms with Gasteiger partial charge in [-0.25, -0.2) is 0 Å². The molecular formula is C12H25NS. The zero-order chi connectivity index (χ0) is 10.6. The van der Waals surface area contributed by atoms with Crippen molar-refractivity contribution in [3.8, 4) is 0 Å². The van der Waals surface area contributed by atoms with E-state index in [0.29, 0.717) is 4.75 Å². The van der Waals surface area contributed by atoms with Crippen molar-refractivity contribution >= 4 is 11.8 Å². The summed E-state index contributed by atoms with van der Waals surface area (Å²) < 4.78 is 0.390. The maximum Gasteiger partial charge on any atom is 0.0225 e. The second kappa shape index (κ2) is 5.41. The first-order valence-corrected chi connectivity index (χ1v) is 7.10. The predicted molar refractivity (Wildman–Crippen MR) is 67.0 cm³/mol. The van der Waals surface area contributed by atoms with E-state index in [0.717, 1.165) is 18.5 Å². The zero-order valence-electron chi connectivity index (χ0n) is 10.1. The topological polar surface area (TPSA) is 12.0 Å². The lowest BCUT2D eigenvalue weighted by Gasteiger charge is -2.26. The fourth-order valence-corrected chi connectivity index (χ4v) is 1.99. The molecule has 0 saturated heterocycles. The van der Waals surface area contributed by atoms with Gasteiger partial charge in [-0.15, -0.1) is 0 Å². The Balaban J connectivity index is 2.25. The Morgan fingerprint density at radius 2 is 2.07 bits per heavy atom. The predicted octanol–water partition coefficient (Wildman–Crippen LogP) is 3.30. The Morgan fingerprint density at radius 3 is 2.50 bits per heavy atom. The molecule has 1 nitrogen and oxygen atoms in total. The van der Waals surface area contributed by atoms with Gasteiger partial charge in [0.1, 0.15) is 0 Å². The van der Waals surface area contributed by atoms with Gasteiger partial charge in [0.15, 0.2) is 0 Å². The molecule has 1 aliphatic carbocycles. The molecule has 0 aliphatic heterocycles. The number of rotatable bonds is 7. The van der Waals surface area contributed by atoms with Crippen LogP contribution in [0.5, 0.6) is 0 Å². The largest absolute Gasteiger partial charge is 0.312 e. The highest BCUT2D eigenvalue weighted by atomic mass is 32.2. The highest BCUT2D eigenvalue weighted by molar-refractivity contribution is 7.99. The van der Waals surface area contributed by atoms with Gasteiger partial charge in [-0.05, 0) is 45.3 Å². The second-order valence-corrected chi connectivity index (χ2v) is 6.59. The summed E-state index contributed by atoms with van der Waals surface area (Å²) in [5, 5.41) is 3.75. The average Bonchev–Trinajstić information content (AvgIpc) is 2.95. The zero-order valence-corrected chi connectivity index (χ0v) is 10.9. The average molecular weight is 215 g/mol. The van der Waals surface area contributed by atoms with Crippen LogP contribution >= 0.6 is 11.8 Å². The Kier molecular flexibility index (Phi) is 4.78. The quantitative estimate of drug-likeness (QED) is 0.699. The summed E-state index contributed by atoms with van der Waals surface area (Å²) in [6, 6.07) is 0.798. The molecule has 84 valence electrons. The van der Waals surface area contributed by atoms with Crippen LogP contribution in [0.1, 0.15) is 46.5 Å². The van der Waals surface area contributed by atoms with Crippen molar-refractivity contribution in [1.82, 2.24) is 5.32 Å². The number of hydrogen-bond acceptors (Lipinski definition) is 2. The second-order valence-electron chi connectivity index (χ2n) is 5.08. The van der Waals surface area contributed by atoms with Gasteiger partial charge in [0.2, 0.25) is 0 Å². The van der Waals surface area contributed by atoms with Crippen LogP contribution in [-0.4, -0.2) is 23.6 Å². The highest BCUT2D eigenvalue weighted by Crippen LogP contribution is 2.35. The molecule has 1 unspecified atom stereocenters. The Morgan fingerprint density at radius 1 is 1.43 bits per heavy atom. The van der Waals surface area contributed by atoms with Gasteiger partial charge in [-0.1, -0.05) is 13.3 Å². The van der Waals surface area contributed by atoms with Crippen LogP contribution in [0.2, 0.25) is 0 Å². The van der Waals surface area contributed by atoms with E-state index in [1.807, 2.05) is 11.8 Å². The molecule has 0 aromatic carbocycles. The Labute approximate surface area is 93.4 Å². The highest BCUT2D eigenvalue weighted by Gasteiger charge is 2.31. The van der Waals surface area contributed by atoms with Crippen LogP contribution in [0.4, 0.5) is 0 Å². The first-order valence-electron chi connectivity index (χ1n) is 5.87. The lowest BCUT2D eigenvalue weighted by atomic mass is 10.1. The van der Waals surface area contributed by atoms with Crippen LogP contribution in [0.15, 0.2) is 0 Å². The van der Waals surface area contributed by atoms with Crippen molar-refractivity contribution in [3.63, 3.8) is 0 Å². The molecule has 2 heteroatoms. The minimum atomic E-state index is 0.390. The standard InChI is InChI=1S/C12H25NS/c1-5-6-11(10-7-8-10)13-9-12(2,3)14-4/h10-11,13H,5-9H2,1-4H3. The summed E-state index contributed by atoms with van der Waals surface area (Å²) in [6.07, 6.45) is 7.78. The van der Waals surface area contributed by atoms with Crippen LogP contribution in [0.3, 0.4) is 0 Å². The summed E-state index contributed by atoms with van der Waals surface area (Å²) in [6.45, 7) is 8.08. The minimum absolute atomic E-state index is 0.390. The monoisotopic (exact) mass is 215 g/mol. The van der Waals surface area contributed by atoms with Crippen LogP contribution < -0.4 is 5.32 Å². The van der Waals surface area contributed by atoms with Gasteiger partial charge in [-0.2, -0.15) is 11.8 Å². The van der Waals surface area contributed by atoms with Crippen LogP contribution in [0.25, 0.3) is 0 Å². The molecule has 1 rings (SSSR count). The molecule has 1 atom stereocenters. The van der Waals surface area contributed by atoms with E-state index in [9.17, 15) is 0 Å². The molecule has 14 heavy (non-hydrogen) atoms. The normalized spacial score (nSPS) is 19.7. The molecule has 0 spiro atoms. The first kappa shape index (κ1) is 12.4. The molecule has 0 heterocycles. The van der Waals surface area contributed by atoms with Crippen molar-refractivity contribution < 1.29 is 0 Å². The van der Waals surface area contributed by atoms with E-state index in [1.165, 1.54) is 25.7 Å². The van der Waals surface area contributed by atoms with Gasteiger partial charge >= 0.3 is 0 Å². The van der Waals surface area contributed by atoms with Gasteiger partial charge in [-0.3, -0.25) is 0 Å². The lowest BCUT2D eigenvalue weighted by Crippen LogP contribution is -2.40. The van der Waals surface area contributed by atoms with Crippen LogP contribution in [0, 0.1) is 5.92 Å². The van der Waals surface area contributed by atoms with Gasteiger partial charge in [0, 0.05) is 17.3 Å². The third kappa shape index (κ3) is 4.22. The Hall–Kier alpha value is 0.310. The van der Waals surface area contributed by atoms with E-state index in [1.54, 1.807) is 0 Å². The number of hydrogen-bond donors (Lipinski definition) is 1. The summed E-state index contributed by atoms with van der Waals surface area (Å²) in [7, 11) is 0. The van der Waals surface area contributed by atoms with Crippen LogP contribution in [-0.2, 0) is 0 Å². The van der Waals surface area contributed by atoms with Crippen molar-refractivity contribution in [2.45, 2.75) is 57.2 Å². The number of nitrogens with one attached hydrogen (secondary N) is 1. The fraction of sp³-hybridized carbons (Fsp3) is 1.00. The van der Waals surface area contributed by atoms with E-state index in [4.69, 9.17) is 0 Å². The smallest absolute Gasteiger partial charge is 0.0225 e. The SMILES string of the molecule is CCCC(NCC(C)(C)SC)C1CC1. The maximum atomic E-state index is 3.75. The third-order valence-electron chi connectivity index (χ3n) is 3.13. The molecule has 0 radical (unpaired) electrons. The molecule has 0 aromatic heterocycles. The van der Waals surface area contributed by atoms with Crippen molar-refractivity contribution in [2.24, 2.45) is 5.92 Å². The molecule has 1 saturated carbocycles. The molecule has 1 aliphatic rings. The van der Waals surface area contributed by atoms with Crippen molar-refractivity contribution in [1.29, 1.82) is 0 Å². The number of thioether (sulfide) groups is 1. The fourth-order valence-electron chi connectivity index (χ4n) is 1.76. The molecule has 0 amide bonds. The molecule has 1 fully saturated rings. The van der Waals surface area contributed by atoms with E-state index in [-0.39, 0.29) is 0 Å². The minimum Gasteiger partial charge on any atom is -0.312 e. The van der Waals surface area contributed by atoms with E-state index in [2.05, 4.69) is 32.3 Å². The lowest BCUT2D eigenvalue weighted by molar-refractivity contribution is 0.414.